The number of nitrogens with zero attached hydrogens (tertiary/aromatic N) is 4. The van der Waals surface area contributed by atoms with Crippen molar-refractivity contribution in [3.05, 3.63) is 81.4 Å². The molecule has 1 aliphatic heterocycles. The molecule has 1 amide bonds. The van der Waals surface area contributed by atoms with Gasteiger partial charge in [-0.1, -0.05) is 54.3 Å². The van der Waals surface area contributed by atoms with Crippen LogP contribution in [0.4, 0.5) is 5.69 Å². The number of hydrogen-bond donors (Lipinski definition) is 1. The van der Waals surface area contributed by atoms with E-state index < -0.39 is 10.9 Å². The molecule has 9 nitrogen and oxygen atoms in total. The Kier molecular flexibility index (Phi) is 6.33. The number of rotatable bonds is 7. The number of carbonyl (C=O) groups is 2. The van der Waals surface area contributed by atoms with Gasteiger partial charge in [0.25, 0.3) is 11.6 Å². The second-order valence-electron chi connectivity index (χ2n) is 7.00. The van der Waals surface area contributed by atoms with Crippen molar-refractivity contribution in [1.29, 1.82) is 0 Å². The molecule has 4 rings (SSSR count). The molecule has 1 aromatic heterocycles. The molecule has 33 heavy (non-hydrogen) atoms. The lowest BCUT2D eigenvalue weighted by atomic mass is 10.1. The molecule has 0 saturated carbocycles. The van der Waals surface area contributed by atoms with Crippen molar-refractivity contribution in [1.82, 2.24) is 14.7 Å². The van der Waals surface area contributed by atoms with Gasteiger partial charge in [-0.2, -0.15) is 5.10 Å². The van der Waals surface area contributed by atoms with Crippen LogP contribution in [0.2, 0.25) is 0 Å². The van der Waals surface area contributed by atoms with E-state index in [2.05, 4.69) is 5.10 Å². The Hall–Kier alpha value is -3.83. The van der Waals surface area contributed by atoms with Gasteiger partial charge in [0.05, 0.1) is 21.9 Å². The molecule has 0 radical (unpaired) electrons. The summed E-state index contributed by atoms with van der Waals surface area (Å²) in [6, 6.07) is 15.4. The van der Waals surface area contributed by atoms with Crippen LogP contribution in [0.15, 0.2) is 65.7 Å². The van der Waals surface area contributed by atoms with Gasteiger partial charge in [0.1, 0.15) is 10.0 Å². The monoisotopic (exact) mass is 480 g/mol. The van der Waals surface area contributed by atoms with Crippen molar-refractivity contribution in [2.75, 3.05) is 6.54 Å². The number of aliphatic carboxylic acids is 1. The average molecular weight is 481 g/mol. The fourth-order valence-corrected chi connectivity index (χ4v) is 4.54. The Bertz CT molecular complexity index is 1300. The largest absolute Gasteiger partial charge is 0.481 e. The third-order valence-corrected chi connectivity index (χ3v) is 6.18. The van der Waals surface area contributed by atoms with E-state index in [0.29, 0.717) is 21.7 Å². The number of non-ortho nitro benzene ring substituents is 1. The summed E-state index contributed by atoms with van der Waals surface area (Å²) in [7, 11) is 0. The molecule has 1 N–H and O–H groups in total. The van der Waals surface area contributed by atoms with Crippen LogP contribution >= 0.6 is 24.0 Å². The van der Waals surface area contributed by atoms with E-state index in [1.165, 1.54) is 17.0 Å². The second kappa shape index (κ2) is 9.35. The molecule has 0 spiro atoms. The Balaban J connectivity index is 1.77. The van der Waals surface area contributed by atoms with Crippen molar-refractivity contribution in [2.45, 2.75) is 6.42 Å². The number of amides is 1. The average Bonchev–Trinajstić information content (AvgIpc) is 3.34. The molecule has 1 saturated heterocycles. The summed E-state index contributed by atoms with van der Waals surface area (Å²) < 4.78 is 1.91. The molecular weight excluding hydrogens is 464 g/mol. The summed E-state index contributed by atoms with van der Waals surface area (Å²) >= 11 is 6.33. The maximum Gasteiger partial charge on any atom is 0.305 e. The van der Waals surface area contributed by atoms with E-state index in [4.69, 9.17) is 17.3 Å². The van der Waals surface area contributed by atoms with E-state index in [1.54, 1.807) is 29.1 Å². The van der Waals surface area contributed by atoms with E-state index in [-0.39, 0.29) is 28.9 Å². The van der Waals surface area contributed by atoms with Crippen LogP contribution in [-0.4, -0.2) is 47.5 Å². The van der Waals surface area contributed by atoms with Gasteiger partial charge >= 0.3 is 5.97 Å². The highest BCUT2D eigenvalue weighted by atomic mass is 32.2. The molecule has 0 aliphatic carbocycles. The first-order valence-corrected chi connectivity index (χ1v) is 10.9. The first-order valence-electron chi connectivity index (χ1n) is 9.70. The predicted molar refractivity (Wildman–Crippen MR) is 128 cm³/mol. The Morgan fingerprint density at radius 1 is 1.21 bits per heavy atom. The fraction of sp³-hybridized carbons (Fsp3) is 0.0909. The number of carboxylic acid groups (broad SMARTS) is 1. The maximum absolute atomic E-state index is 12.8. The Morgan fingerprint density at radius 3 is 2.67 bits per heavy atom. The van der Waals surface area contributed by atoms with Crippen molar-refractivity contribution < 1.29 is 19.6 Å². The zero-order valence-electron chi connectivity index (χ0n) is 17.0. The van der Waals surface area contributed by atoms with E-state index in [0.717, 1.165) is 17.4 Å². The number of aromatic nitrogens is 2. The molecule has 1 aliphatic rings. The zero-order chi connectivity index (χ0) is 23.5. The highest BCUT2D eigenvalue weighted by molar-refractivity contribution is 8.26. The normalized spacial score (nSPS) is 14.8. The summed E-state index contributed by atoms with van der Waals surface area (Å²) in [5, 5.41) is 24.8. The molecule has 0 bridgehead atoms. The predicted octanol–water partition coefficient (Wildman–Crippen LogP) is 4.12. The topological polar surface area (TPSA) is 119 Å². The first-order chi connectivity index (χ1) is 15.8. The number of hydrogen-bond acceptors (Lipinski definition) is 7. The number of thioether (sulfide) groups is 1. The molecule has 166 valence electrons. The number of para-hydroxylation sites is 1. The number of carbonyl (C=O) groups excluding carboxylic acids is 1. The van der Waals surface area contributed by atoms with Gasteiger partial charge < -0.3 is 5.11 Å². The van der Waals surface area contributed by atoms with Crippen LogP contribution in [0, 0.1) is 10.1 Å². The van der Waals surface area contributed by atoms with E-state index in [9.17, 15) is 19.7 Å². The highest BCUT2D eigenvalue weighted by Gasteiger charge is 2.32. The van der Waals surface area contributed by atoms with Gasteiger partial charge in [-0.3, -0.25) is 24.6 Å². The minimum absolute atomic E-state index is 0.0155. The van der Waals surface area contributed by atoms with Gasteiger partial charge in [-0.05, 0) is 18.2 Å². The van der Waals surface area contributed by atoms with Gasteiger partial charge in [0, 0.05) is 36.0 Å². The number of benzene rings is 2. The number of thiocarbonyl (C=S) groups is 1. The summed E-state index contributed by atoms with van der Waals surface area (Å²) in [6.07, 6.45) is 3.14. The van der Waals surface area contributed by atoms with Gasteiger partial charge in [-0.15, -0.1) is 0 Å². The smallest absolute Gasteiger partial charge is 0.305 e. The summed E-state index contributed by atoms with van der Waals surface area (Å²) in [5.74, 6) is -1.41. The number of carboxylic acids is 1. The molecule has 1 fully saturated rings. The van der Waals surface area contributed by atoms with Gasteiger partial charge in [0.2, 0.25) is 0 Å². The molecule has 3 aromatic rings. The molecule has 0 atom stereocenters. The van der Waals surface area contributed by atoms with Crippen molar-refractivity contribution in [3.63, 3.8) is 0 Å². The lowest BCUT2D eigenvalue weighted by Gasteiger charge is -2.12. The van der Waals surface area contributed by atoms with E-state index >= 15 is 0 Å². The Morgan fingerprint density at radius 2 is 1.97 bits per heavy atom. The SMILES string of the molecule is O=C(O)CCN1C(=O)/C(=C/c2cn(-c3ccccc3)nc2-c2cccc([N+](=O)[O-])c2)SC1=S. The van der Waals surface area contributed by atoms with Crippen molar-refractivity contribution >= 4 is 51.9 Å². The van der Waals surface area contributed by atoms with Crippen LogP contribution in [-0.2, 0) is 9.59 Å². The number of nitro groups is 1. The zero-order valence-corrected chi connectivity index (χ0v) is 18.6. The van der Waals surface area contributed by atoms with Crippen LogP contribution in [0.25, 0.3) is 23.0 Å². The van der Waals surface area contributed by atoms with Crippen LogP contribution in [0.3, 0.4) is 0 Å². The quantitative estimate of drug-likeness (QED) is 0.232. The van der Waals surface area contributed by atoms with Crippen LogP contribution in [0.1, 0.15) is 12.0 Å². The van der Waals surface area contributed by atoms with Gasteiger partial charge in [-0.25, -0.2) is 4.68 Å². The van der Waals surface area contributed by atoms with Gasteiger partial charge in [0.15, 0.2) is 0 Å². The third-order valence-electron chi connectivity index (χ3n) is 4.80. The molecule has 0 unspecified atom stereocenters. The highest BCUT2D eigenvalue weighted by Crippen LogP contribution is 2.35. The molecule has 11 heteroatoms. The van der Waals surface area contributed by atoms with Crippen LogP contribution < -0.4 is 0 Å². The maximum atomic E-state index is 12.8. The minimum Gasteiger partial charge on any atom is -0.481 e. The minimum atomic E-state index is -1.02. The van der Waals surface area contributed by atoms with Crippen molar-refractivity contribution in [3.8, 4) is 16.9 Å². The van der Waals surface area contributed by atoms with E-state index in [1.807, 2.05) is 30.3 Å². The lowest BCUT2D eigenvalue weighted by Crippen LogP contribution is -2.30. The second-order valence-corrected chi connectivity index (χ2v) is 8.67. The summed E-state index contributed by atoms with van der Waals surface area (Å²) in [5.41, 5.74) is 2.24. The summed E-state index contributed by atoms with van der Waals surface area (Å²) in [6.45, 7) is -0.0155. The first kappa shape index (κ1) is 22.4. The van der Waals surface area contributed by atoms with Crippen molar-refractivity contribution in [2.24, 2.45) is 0 Å². The Labute approximate surface area is 197 Å². The van der Waals surface area contributed by atoms with Crippen LogP contribution in [0.5, 0.6) is 0 Å². The third kappa shape index (κ3) is 4.83. The summed E-state index contributed by atoms with van der Waals surface area (Å²) in [4.78, 5) is 36.1. The molecule has 2 aromatic carbocycles. The lowest BCUT2D eigenvalue weighted by molar-refractivity contribution is -0.384. The number of nitro benzene ring substituents is 1. The standard InChI is InChI=1S/C22H16N4O5S2/c27-19(28)9-10-24-21(29)18(33-22(24)32)12-15-13-25(16-6-2-1-3-7-16)23-20(15)14-5-4-8-17(11-14)26(30)31/h1-8,11-13H,9-10H2,(H,27,28)/b18-12-. The molecular formula is C22H16N4O5S2. The fourth-order valence-electron chi connectivity index (χ4n) is 3.24. The molecule has 2 heterocycles.